The van der Waals surface area contributed by atoms with Crippen LogP contribution in [0.15, 0.2) is 48.6 Å². The zero-order chi connectivity index (χ0) is 12.4. The monoisotopic (exact) mass is 252 g/mol. The Morgan fingerprint density at radius 2 is 1.94 bits per heavy atom. The van der Waals surface area contributed by atoms with Crippen LogP contribution in [0.3, 0.4) is 0 Å². The summed E-state index contributed by atoms with van der Waals surface area (Å²) < 4.78 is 0. The van der Waals surface area contributed by atoms with Crippen LogP contribution in [0.5, 0.6) is 0 Å². The topological polar surface area (TPSA) is 17.1 Å². The van der Waals surface area contributed by atoms with E-state index >= 15 is 0 Å². The lowest BCUT2D eigenvalue weighted by Crippen LogP contribution is -1.79. The SMILES string of the molecule is O=Cc1ccc(-c2cc3c(s2)C=CC=CC3)cc1. The van der Waals surface area contributed by atoms with Crippen molar-refractivity contribution in [2.75, 3.05) is 0 Å². The Labute approximate surface area is 110 Å². The first-order valence-corrected chi connectivity index (χ1v) is 6.70. The number of hydrogen-bond donors (Lipinski definition) is 0. The van der Waals surface area contributed by atoms with Gasteiger partial charge in [0.15, 0.2) is 0 Å². The Morgan fingerprint density at radius 3 is 2.72 bits per heavy atom. The van der Waals surface area contributed by atoms with Crippen LogP contribution in [0.1, 0.15) is 20.8 Å². The normalized spacial score (nSPS) is 13.1. The Balaban J connectivity index is 1.99. The molecule has 1 aliphatic carbocycles. The zero-order valence-corrected chi connectivity index (χ0v) is 10.6. The fourth-order valence-electron chi connectivity index (χ4n) is 2.03. The third-order valence-corrected chi connectivity index (χ3v) is 4.20. The molecular weight excluding hydrogens is 240 g/mol. The molecule has 0 spiro atoms. The van der Waals surface area contributed by atoms with Gasteiger partial charge in [-0.05, 0) is 29.7 Å². The fourth-order valence-corrected chi connectivity index (χ4v) is 3.14. The molecule has 0 amide bonds. The van der Waals surface area contributed by atoms with Gasteiger partial charge in [0.25, 0.3) is 0 Å². The van der Waals surface area contributed by atoms with Gasteiger partial charge in [-0.1, -0.05) is 42.5 Å². The quantitative estimate of drug-likeness (QED) is 0.726. The molecule has 0 radical (unpaired) electrons. The van der Waals surface area contributed by atoms with Gasteiger partial charge in [-0.2, -0.15) is 0 Å². The second kappa shape index (κ2) is 4.75. The molecule has 18 heavy (non-hydrogen) atoms. The number of hydrogen-bond acceptors (Lipinski definition) is 2. The van der Waals surface area contributed by atoms with E-state index < -0.39 is 0 Å². The first kappa shape index (κ1) is 11.2. The molecule has 0 aliphatic heterocycles. The van der Waals surface area contributed by atoms with Crippen molar-refractivity contribution in [1.29, 1.82) is 0 Å². The molecular formula is C16H12OS. The lowest BCUT2D eigenvalue weighted by molar-refractivity contribution is 0.112. The zero-order valence-electron chi connectivity index (χ0n) is 9.80. The van der Waals surface area contributed by atoms with E-state index in [-0.39, 0.29) is 0 Å². The highest BCUT2D eigenvalue weighted by atomic mass is 32.1. The second-order valence-corrected chi connectivity index (χ2v) is 5.32. The van der Waals surface area contributed by atoms with Crippen LogP contribution in [0.4, 0.5) is 0 Å². The summed E-state index contributed by atoms with van der Waals surface area (Å²) in [5.41, 5.74) is 3.27. The number of fused-ring (bicyclic) bond motifs is 1. The Bertz CT molecular complexity index is 630. The maximum atomic E-state index is 10.6. The summed E-state index contributed by atoms with van der Waals surface area (Å²) in [6.07, 6.45) is 10.4. The van der Waals surface area contributed by atoms with E-state index in [1.54, 1.807) is 11.3 Å². The van der Waals surface area contributed by atoms with Gasteiger partial charge in [-0.3, -0.25) is 4.79 Å². The minimum absolute atomic E-state index is 0.722. The van der Waals surface area contributed by atoms with E-state index in [9.17, 15) is 4.79 Å². The molecule has 0 atom stereocenters. The summed E-state index contributed by atoms with van der Waals surface area (Å²) >= 11 is 1.80. The van der Waals surface area contributed by atoms with Crippen LogP contribution in [0, 0.1) is 0 Å². The average Bonchev–Trinajstić information content (AvgIpc) is 2.70. The summed E-state index contributed by atoms with van der Waals surface area (Å²) in [7, 11) is 0. The van der Waals surface area contributed by atoms with E-state index in [0.717, 1.165) is 18.3 Å². The highest BCUT2D eigenvalue weighted by Gasteiger charge is 2.08. The molecule has 88 valence electrons. The smallest absolute Gasteiger partial charge is 0.150 e. The molecule has 1 aromatic carbocycles. The number of aldehydes is 1. The van der Waals surface area contributed by atoms with E-state index in [1.165, 1.54) is 20.9 Å². The lowest BCUT2D eigenvalue weighted by Gasteiger charge is -1.97. The molecule has 0 saturated heterocycles. The highest BCUT2D eigenvalue weighted by molar-refractivity contribution is 7.16. The fraction of sp³-hybridized carbons (Fsp3) is 0.0625. The van der Waals surface area contributed by atoms with E-state index in [2.05, 4.69) is 30.4 Å². The molecule has 0 unspecified atom stereocenters. The molecule has 0 N–H and O–H groups in total. The van der Waals surface area contributed by atoms with Crippen molar-refractivity contribution in [3.05, 3.63) is 64.6 Å². The Hall–Kier alpha value is -1.93. The van der Waals surface area contributed by atoms with Crippen molar-refractivity contribution in [3.63, 3.8) is 0 Å². The van der Waals surface area contributed by atoms with Crippen LogP contribution < -0.4 is 0 Å². The van der Waals surface area contributed by atoms with Gasteiger partial charge in [-0.15, -0.1) is 11.3 Å². The predicted molar refractivity (Wildman–Crippen MR) is 77.0 cm³/mol. The standard InChI is InChI=1S/C16H12OS/c17-11-12-6-8-13(9-7-12)16-10-14-4-2-1-3-5-15(14)18-16/h1-3,5-11H,4H2. The van der Waals surface area contributed by atoms with Gasteiger partial charge in [0, 0.05) is 15.3 Å². The minimum Gasteiger partial charge on any atom is -0.298 e. The maximum Gasteiger partial charge on any atom is 0.150 e. The second-order valence-electron chi connectivity index (χ2n) is 4.23. The van der Waals surface area contributed by atoms with Crippen LogP contribution in [0.2, 0.25) is 0 Å². The molecule has 0 saturated carbocycles. The Morgan fingerprint density at radius 1 is 1.11 bits per heavy atom. The lowest BCUT2D eigenvalue weighted by atomic mass is 10.1. The van der Waals surface area contributed by atoms with Crippen LogP contribution in [-0.2, 0) is 6.42 Å². The molecule has 2 aromatic rings. The van der Waals surface area contributed by atoms with Crippen LogP contribution >= 0.6 is 11.3 Å². The summed E-state index contributed by atoms with van der Waals surface area (Å²) in [4.78, 5) is 13.2. The van der Waals surface area contributed by atoms with Crippen molar-refractivity contribution in [2.24, 2.45) is 0 Å². The van der Waals surface area contributed by atoms with Crippen LogP contribution in [-0.4, -0.2) is 6.29 Å². The van der Waals surface area contributed by atoms with Crippen molar-refractivity contribution >= 4 is 23.7 Å². The molecule has 1 aromatic heterocycles. The largest absolute Gasteiger partial charge is 0.298 e. The predicted octanol–water partition coefficient (Wildman–Crippen LogP) is 4.35. The van der Waals surface area contributed by atoms with Gasteiger partial charge >= 0.3 is 0 Å². The summed E-state index contributed by atoms with van der Waals surface area (Å²) in [5, 5.41) is 0. The van der Waals surface area contributed by atoms with Crippen molar-refractivity contribution in [1.82, 2.24) is 0 Å². The van der Waals surface area contributed by atoms with Gasteiger partial charge in [0.1, 0.15) is 6.29 Å². The van der Waals surface area contributed by atoms with Crippen LogP contribution in [0.25, 0.3) is 16.5 Å². The molecule has 1 aliphatic rings. The number of rotatable bonds is 2. The summed E-state index contributed by atoms with van der Waals surface area (Å²) in [6.45, 7) is 0. The summed E-state index contributed by atoms with van der Waals surface area (Å²) in [6, 6.07) is 9.99. The number of carbonyl (C=O) groups is 1. The molecule has 3 rings (SSSR count). The third-order valence-electron chi connectivity index (χ3n) is 3.01. The van der Waals surface area contributed by atoms with Crippen molar-refractivity contribution in [3.8, 4) is 10.4 Å². The molecule has 2 heteroatoms. The van der Waals surface area contributed by atoms with E-state index in [1.807, 2.05) is 24.3 Å². The van der Waals surface area contributed by atoms with Gasteiger partial charge < -0.3 is 0 Å². The Kier molecular flexibility index (Phi) is 2.95. The average molecular weight is 252 g/mol. The van der Waals surface area contributed by atoms with Crippen molar-refractivity contribution in [2.45, 2.75) is 6.42 Å². The first-order chi connectivity index (χ1) is 8.86. The molecule has 0 bridgehead atoms. The van der Waals surface area contributed by atoms with E-state index in [4.69, 9.17) is 0 Å². The first-order valence-electron chi connectivity index (χ1n) is 5.88. The van der Waals surface area contributed by atoms with Gasteiger partial charge in [-0.25, -0.2) is 0 Å². The highest BCUT2D eigenvalue weighted by Crippen LogP contribution is 2.33. The third kappa shape index (κ3) is 2.07. The number of carbonyl (C=O) groups excluding carboxylic acids is 1. The minimum atomic E-state index is 0.722. The maximum absolute atomic E-state index is 10.6. The number of thiophene rings is 1. The molecule has 0 fully saturated rings. The van der Waals surface area contributed by atoms with Crippen molar-refractivity contribution < 1.29 is 4.79 Å². The molecule has 1 heterocycles. The molecule has 1 nitrogen and oxygen atoms in total. The number of allylic oxidation sites excluding steroid dienone is 3. The van der Waals surface area contributed by atoms with Gasteiger partial charge in [0.2, 0.25) is 0 Å². The van der Waals surface area contributed by atoms with Gasteiger partial charge in [0.05, 0.1) is 0 Å². The summed E-state index contributed by atoms with van der Waals surface area (Å²) in [5.74, 6) is 0. The van der Waals surface area contributed by atoms with E-state index in [0.29, 0.717) is 0 Å². The number of benzene rings is 1.